The summed E-state index contributed by atoms with van der Waals surface area (Å²) in [5.41, 5.74) is -0.149. The summed E-state index contributed by atoms with van der Waals surface area (Å²) in [4.78, 5) is 0. The van der Waals surface area contributed by atoms with E-state index in [9.17, 15) is 5.11 Å². The molecule has 0 saturated carbocycles. The predicted octanol–water partition coefficient (Wildman–Crippen LogP) is 1.30. The maximum atomic E-state index is 9.71. The third-order valence-corrected chi connectivity index (χ3v) is 2.43. The van der Waals surface area contributed by atoms with Crippen LogP contribution in [0.4, 0.5) is 0 Å². The Hall–Kier alpha value is -0.120. The topological polar surface area (TPSA) is 41.5 Å². The largest absolute Gasteiger partial charge is 0.391 e. The van der Waals surface area contributed by atoms with Crippen LogP contribution in [0.1, 0.15) is 40.0 Å². The van der Waals surface area contributed by atoms with Gasteiger partial charge in [-0.15, -0.1) is 0 Å². The second kappa shape index (κ2) is 5.10. The molecule has 1 heterocycles. The Kier molecular flexibility index (Phi) is 4.35. The van der Waals surface area contributed by atoms with Crippen LogP contribution in [0.25, 0.3) is 0 Å². The number of aliphatic hydroxyl groups is 1. The van der Waals surface area contributed by atoms with E-state index in [2.05, 4.69) is 5.32 Å². The van der Waals surface area contributed by atoms with Crippen LogP contribution >= 0.6 is 0 Å². The number of ether oxygens (including phenoxy) is 1. The fraction of sp³-hybridized carbons (Fsp3) is 1.00. The van der Waals surface area contributed by atoms with Gasteiger partial charge in [-0.25, -0.2) is 0 Å². The van der Waals surface area contributed by atoms with Crippen LogP contribution in [0.3, 0.4) is 0 Å². The average molecular weight is 201 g/mol. The quantitative estimate of drug-likeness (QED) is 0.720. The second-order valence-corrected chi connectivity index (χ2v) is 5.11. The molecule has 1 fully saturated rings. The molecule has 3 nitrogen and oxygen atoms in total. The van der Waals surface area contributed by atoms with Crippen LogP contribution in [-0.4, -0.2) is 36.0 Å². The minimum Gasteiger partial charge on any atom is -0.391 e. The summed E-state index contributed by atoms with van der Waals surface area (Å²) >= 11 is 0. The van der Waals surface area contributed by atoms with Gasteiger partial charge >= 0.3 is 0 Å². The van der Waals surface area contributed by atoms with E-state index in [1.165, 1.54) is 12.8 Å². The zero-order valence-electron chi connectivity index (χ0n) is 9.55. The van der Waals surface area contributed by atoms with Crippen molar-refractivity contribution in [2.45, 2.75) is 57.8 Å². The summed E-state index contributed by atoms with van der Waals surface area (Å²) in [6, 6.07) is 0.494. The number of nitrogens with one attached hydrogen (secondary N) is 1. The molecule has 14 heavy (non-hydrogen) atoms. The van der Waals surface area contributed by atoms with Crippen molar-refractivity contribution < 1.29 is 9.84 Å². The van der Waals surface area contributed by atoms with Crippen molar-refractivity contribution in [3.05, 3.63) is 0 Å². The van der Waals surface area contributed by atoms with E-state index in [-0.39, 0.29) is 11.7 Å². The van der Waals surface area contributed by atoms with E-state index in [0.717, 1.165) is 13.0 Å². The molecule has 1 aliphatic heterocycles. The van der Waals surface area contributed by atoms with Gasteiger partial charge in [-0.1, -0.05) is 0 Å². The molecule has 1 saturated heterocycles. The normalized spacial score (nSPS) is 25.3. The number of hydrogen-bond donors (Lipinski definition) is 2. The zero-order valence-corrected chi connectivity index (χ0v) is 9.55. The summed E-state index contributed by atoms with van der Waals surface area (Å²) in [5, 5.41) is 13.1. The molecule has 3 heteroatoms. The highest BCUT2D eigenvalue weighted by Gasteiger charge is 2.19. The summed E-state index contributed by atoms with van der Waals surface area (Å²) < 4.78 is 5.52. The minimum absolute atomic E-state index is 0.149. The van der Waals surface area contributed by atoms with Crippen molar-refractivity contribution in [1.29, 1.82) is 0 Å². The van der Waals surface area contributed by atoms with Gasteiger partial charge < -0.3 is 15.2 Å². The second-order valence-electron chi connectivity index (χ2n) is 5.11. The molecular weight excluding hydrogens is 178 g/mol. The molecule has 0 aromatic rings. The molecule has 0 aliphatic carbocycles. The molecule has 1 aliphatic rings. The van der Waals surface area contributed by atoms with Crippen LogP contribution in [-0.2, 0) is 4.74 Å². The summed E-state index contributed by atoms with van der Waals surface area (Å²) in [6.07, 6.45) is 2.91. The predicted molar refractivity (Wildman–Crippen MR) is 57.4 cm³/mol. The van der Waals surface area contributed by atoms with Crippen LogP contribution in [0.15, 0.2) is 0 Å². The van der Waals surface area contributed by atoms with E-state index in [4.69, 9.17) is 4.74 Å². The molecule has 84 valence electrons. The summed E-state index contributed by atoms with van der Waals surface area (Å²) in [6.45, 7) is 7.56. The fourth-order valence-corrected chi connectivity index (χ4v) is 1.70. The maximum Gasteiger partial charge on any atom is 0.0788 e. The van der Waals surface area contributed by atoms with Crippen LogP contribution in [0, 0.1) is 0 Å². The lowest BCUT2D eigenvalue weighted by molar-refractivity contribution is -0.0522. The van der Waals surface area contributed by atoms with E-state index in [1.54, 1.807) is 0 Å². The fourth-order valence-electron chi connectivity index (χ4n) is 1.70. The third kappa shape index (κ3) is 4.94. The highest BCUT2D eigenvalue weighted by atomic mass is 16.5. The molecule has 0 spiro atoms. The van der Waals surface area contributed by atoms with Gasteiger partial charge in [0.25, 0.3) is 0 Å². The molecule has 0 amide bonds. The van der Waals surface area contributed by atoms with Gasteiger partial charge in [0.1, 0.15) is 0 Å². The third-order valence-electron chi connectivity index (χ3n) is 2.43. The van der Waals surface area contributed by atoms with Gasteiger partial charge in [0.15, 0.2) is 0 Å². The Morgan fingerprint density at radius 3 is 2.71 bits per heavy atom. The first-order valence-corrected chi connectivity index (χ1v) is 5.53. The Morgan fingerprint density at radius 2 is 2.21 bits per heavy atom. The van der Waals surface area contributed by atoms with Crippen molar-refractivity contribution in [2.75, 3.05) is 13.2 Å². The Bertz CT molecular complexity index is 159. The smallest absolute Gasteiger partial charge is 0.0788 e. The molecule has 0 aromatic heterocycles. The lowest BCUT2D eigenvalue weighted by atomic mass is 10.1. The number of aliphatic hydroxyl groups excluding tert-OH is 1. The minimum atomic E-state index is -0.329. The van der Waals surface area contributed by atoms with Gasteiger partial charge in [0, 0.05) is 6.04 Å². The molecule has 0 radical (unpaired) electrons. The number of hydrogen-bond acceptors (Lipinski definition) is 3. The standard InChI is InChI=1S/C11H23NO2/c1-11(2,3)14-8-10(13)7-9-5-4-6-12-9/h9-10,12-13H,4-8H2,1-3H3. The molecule has 0 bridgehead atoms. The van der Waals surface area contributed by atoms with E-state index >= 15 is 0 Å². The first kappa shape index (κ1) is 12.0. The van der Waals surface area contributed by atoms with Crippen molar-refractivity contribution in [3.63, 3.8) is 0 Å². The Morgan fingerprint density at radius 1 is 1.50 bits per heavy atom. The van der Waals surface area contributed by atoms with Gasteiger partial charge in [0.05, 0.1) is 18.3 Å². The summed E-state index contributed by atoms with van der Waals surface area (Å²) in [5.74, 6) is 0. The first-order chi connectivity index (χ1) is 6.47. The first-order valence-electron chi connectivity index (χ1n) is 5.53. The van der Waals surface area contributed by atoms with Gasteiger partial charge in [-0.2, -0.15) is 0 Å². The van der Waals surface area contributed by atoms with Crippen molar-refractivity contribution >= 4 is 0 Å². The molecule has 2 N–H and O–H groups in total. The van der Waals surface area contributed by atoms with Gasteiger partial charge in [0.2, 0.25) is 0 Å². The molecule has 2 atom stereocenters. The van der Waals surface area contributed by atoms with E-state index in [1.807, 2.05) is 20.8 Å². The van der Waals surface area contributed by atoms with Crippen LogP contribution in [0.2, 0.25) is 0 Å². The SMILES string of the molecule is CC(C)(C)OCC(O)CC1CCCN1. The molecular formula is C11H23NO2. The van der Waals surface area contributed by atoms with Crippen LogP contribution in [0.5, 0.6) is 0 Å². The van der Waals surface area contributed by atoms with Gasteiger partial charge in [-0.3, -0.25) is 0 Å². The van der Waals surface area contributed by atoms with Crippen molar-refractivity contribution in [1.82, 2.24) is 5.32 Å². The van der Waals surface area contributed by atoms with E-state index in [0.29, 0.717) is 12.6 Å². The van der Waals surface area contributed by atoms with E-state index < -0.39 is 0 Å². The zero-order chi connectivity index (χ0) is 10.6. The number of rotatable bonds is 4. The maximum absolute atomic E-state index is 9.71. The highest BCUT2D eigenvalue weighted by Crippen LogP contribution is 2.13. The summed E-state index contributed by atoms with van der Waals surface area (Å²) in [7, 11) is 0. The Balaban J connectivity index is 2.12. The molecule has 0 aromatic carbocycles. The highest BCUT2D eigenvalue weighted by molar-refractivity contribution is 4.77. The van der Waals surface area contributed by atoms with Gasteiger partial charge in [-0.05, 0) is 46.6 Å². The van der Waals surface area contributed by atoms with Crippen molar-refractivity contribution in [3.8, 4) is 0 Å². The monoisotopic (exact) mass is 201 g/mol. The Labute approximate surface area is 86.8 Å². The van der Waals surface area contributed by atoms with Crippen LogP contribution < -0.4 is 5.32 Å². The molecule has 1 rings (SSSR count). The lowest BCUT2D eigenvalue weighted by Gasteiger charge is -2.23. The lowest BCUT2D eigenvalue weighted by Crippen LogP contribution is -2.32. The molecule has 2 unspecified atom stereocenters. The van der Waals surface area contributed by atoms with Crippen molar-refractivity contribution in [2.24, 2.45) is 0 Å². The average Bonchev–Trinajstić information content (AvgIpc) is 2.52.